The number of aromatic amines is 1. The Hall–Kier alpha value is -2.86. The number of amides is 1. The smallest absolute Gasteiger partial charge is 0.280 e. The van der Waals surface area contributed by atoms with Gasteiger partial charge < -0.3 is 14.8 Å². The molecule has 3 rings (SSSR count). The van der Waals surface area contributed by atoms with Crippen molar-refractivity contribution >= 4 is 28.3 Å². The number of hydroxylamine groups is 1. The first-order chi connectivity index (χ1) is 13.0. The summed E-state index contributed by atoms with van der Waals surface area (Å²) in [6.07, 6.45) is 2.74. The van der Waals surface area contributed by atoms with Crippen molar-refractivity contribution in [2.45, 2.75) is 38.4 Å². The van der Waals surface area contributed by atoms with E-state index in [1.807, 2.05) is 37.3 Å². The van der Waals surface area contributed by atoms with Crippen LogP contribution in [0.5, 0.6) is 0 Å². The SMILES string of the molecule is CCCCCC1(O)OC(=C=O)C(C(=O)NOC)=C1c1cc2ccccc2[nH]1. The summed E-state index contributed by atoms with van der Waals surface area (Å²) in [4.78, 5) is 31.8. The van der Waals surface area contributed by atoms with Crippen molar-refractivity contribution in [2.24, 2.45) is 0 Å². The monoisotopic (exact) mass is 370 g/mol. The molecule has 1 atom stereocenters. The molecule has 1 unspecified atom stereocenters. The number of ether oxygens (including phenoxy) is 1. The molecule has 0 fully saturated rings. The van der Waals surface area contributed by atoms with Crippen molar-refractivity contribution in [3.63, 3.8) is 0 Å². The van der Waals surface area contributed by atoms with Gasteiger partial charge in [0.15, 0.2) is 5.94 Å². The Balaban J connectivity index is 2.18. The van der Waals surface area contributed by atoms with Gasteiger partial charge in [-0.3, -0.25) is 9.63 Å². The fourth-order valence-corrected chi connectivity index (χ4v) is 3.36. The van der Waals surface area contributed by atoms with Gasteiger partial charge >= 0.3 is 0 Å². The van der Waals surface area contributed by atoms with Gasteiger partial charge in [-0.2, -0.15) is 0 Å². The van der Waals surface area contributed by atoms with Gasteiger partial charge in [0, 0.05) is 17.6 Å². The number of unbranched alkanes of at least 4 members (excludes halogenated alkanes) is 2. The molecule has 0 aliphatic carbocycles. The molecule has 7 heteroatoms. The predicted octanol–water partition coefficient (Wildman–Crippen LogP) is 2.61. The van der Waals surface area contributed by atoms with E-state index >= 15 is 0 Å². The van der Waals surface area contributed by atoms with E-state index in [9.17, 15) is 14.7 Å². The van der Waals surface area contributed by atoms with Crippen LogP contribution in [0.15, 0.2) is 41.7 Å². The highest BCUT2D eigenvalue weighted by atomic mass is 16.6. The van der Waals surface area contributed by atoms with Crippen LogP contribution in [0, 0.1) is 0 Å². The molecule has 27 heavy (non-hydrogen) atoms. The van der Waals surface area contributed by atoms with Crippen LogP contribution < -0.4 is 5.48 Å². The summed E-state index contributed by atoms with van der Waals surface area (Å²) < 4.78 is 5.53. The molecule has 2 heterocycles. The summed E-state index contributed by atoms with van der Waals surface area (Å²) >= 11 is 0. The van der Waals surface area contributed by atoms with E-state index in [0.717, 1.165) is 23.7 Å². The van der Waals surface area contributed by atoms with Crippen LogP contribution in [0.3, 0.4) is 0 Å². The minimum Gasteiger partial charge on any atom is -0.446 e. The predicted molar refractivity (Wildman–Crippen MR) is 99.8 cm³/mol. The molecule has 0 spiro atoms. The van der Waals surface area contributed by atoms with Crippen LogP contribution >= 0.6 is 0 Å². The number of aromatic nitrogens is 1. The third-order valence-electron chi connectivity index (χ3n) is 4.57. The van der Waals surface area contributed by atoms with Crippen molar-refractivity contribution < 1.29 is 24.3 Å². The van der Waals surface area contributed by atoms with E-state index in [1.54, 1.807) is 5.94 Å². The van der Waals surface area contributed by atoms with Crippen molar-refractivity contribution in [3.05, 3.63) is 47.4 Å². The van der Waals surface area contributed by atoms with Gasteiger partial charge in [-0.05, 0) is 23.9 Å². The fourth-order valence-electron chi connectivity index (χ4n) is 3.36. The van der Waals surface area contributed by atoms with Crippen LogP contribution in [-0.2, 0) is 19.2 Å². The van der Waals surface area contributed by atoms with E-state index in [0.29, 0.717) is 12.1 Å². The molecule has 1 aliphatic heterocycles. The summed E-state index contributed by atoms with van der Waals surface area (Å²) in [6.45, 7) is 2.04. The number of rotatable bonds is 7. The Labute approximate surface area is 156 Å². The standard InChI is InChI=1S/C20H22N2O5/c1-3-4-7-10-20(25)18(15-11-13-8-5-6-9-14(13)21-15)17(16(12-23)27-20)19(24)22-26-2/h5-6,8-9,11,21,25H,3-4,7,10H2,1-2H3,(H,22,24). The van der Waals surface area contributed by atoms with Crippen LogP contribution in [-0.4, -0.2) is 34.8 Å². The molecule has 0 bridgehead atoms. The summed E-state index contributed by atoms with van der Waals surface area (Å²) in [5, 5.41) is 12.1. The Morgan fingerprint density at radius 3 is 2.81 bits per heavy atom. The zero-order valence-electron chi connectivity index (χ0n) is 15.3. The average molecular weight is 370 g/mol. The lowest BCUT2D eigenvalue weighted by Crippen LogP contribution is -2.30. The zero-order chi connectivity index (χ0) is 19.4. The van der Waals surface area contributed by atoms with Gasteiger partial charge in [-0.15, -0.1) is 0 Å². The molecule has 0 radical (unpaired) electrons. The van der Waals surface area contributed by atoms with Gasteiger partial charge in [-0.1, -0.05) is 38.0 Å². The molecule has 1 aliphatic rings. The van der Waals surface area contributed by atoms with Crippen molar-refractivity contribution in [3.8, 4) is 0 Å². The summed E-state index contributed by atoms with van der Waals surface area (Å²) in [6, 6.07) is 9.38. The van der Waals surface area contributed by atoms with Crippen LogP contribution in [0.2, 0.25) is 0 Å². The maximum Gasteiger partial charge on any atom is 0.280 e. The third-order valence-corrected chi connectivity index (χ3v) is 4.57. The largest absolute Gasteiger partial charge is 0.446 e. The lowest BCUT2D eigenvalue weighted by molar-refractivity contribution is -0.128. The number of carbonyl (C=O) groups excluding carboxylic acids is 2. The van der Waals surface area contributed by atoms with Crippen LogP contribution in [0.25, 0.3) is 16.5 Å². The number of H-pyrrole nitrogens is 1. The number of carbonyl (C=O) groups is 1. The van der Waals surface area contributed by atoms with E-state index in [2.05, 4.69) is 10.5 Å². The highest BCUT2D eigenvalue weighted by molar-refractivity contribution is 6.09. The minimum atomic E-state index is -1.80. The second kappa shape index (κ2) is 7.80. The second-order valence-electron chi connectivity index (χ2n) is 6.43. The second-order valence-corrected chi connectivity index (χ2v) is 6.43. The molecule has 142 valence electrons. The van der Waals surface area contributed by atoms with Gasteiger partial charge in [0.1, 0.15) is 5.57 Å². The van der Waals surface area contributed by atoms with E-state index in [-0.39, 0.29) is 23.3 Å². The van der Waals surface area contributed by atoms with E-state index < -0.39 is 11.7 Å². The highest BCUT2D eigenvalue weighted by Crippen LogP contribution is 2.45. The minimum absolute atomic E-state index is 0.0857. The molecule has 1 amide bonds. The van der Waals surface area contributed by atoms with Gasteiger partial charge in [0.05, 0.1) is 12.7 Å². The van der Waals surface area contributed by atoms with Crippen LogP contribution in [0.4, 0.5) is 0 Å². The average Bonchev–Trinajstić information content (AvgIpc) is 3.20. The van der Waals surface area contributed by atoms with Gasteiger partial charge in [0.2, 0.25) is 11.5 Å². The first-order valence-electron chi connectivity index (χ1n) is 8.87. The summed E-state index contributed by atoms with van der Waals surface area (Å²) in [5.74, 6) is -1.19. The summed E-state index contributed by atoms with van der Waals surface area (Å²) in [7, 11) is 1.29. The quantitative estimate of drug-likeness (QED) is 0.395. The first kappa shape index (κ1) is 18.9. The van der Waals surface area contributed by atoms with Gasteiger partial charge in [-0.25, -0.2) is 10.3 Å². The zero-order valence-corrected chi connectivity index (χ0v) is 15.3. The number of benzene rings is 1. The van der Waals surface area contributed by atoms with E-state index in [1.165, 1.54) is 7.11 Å². The Morgan fingerprint density at radius 1 is 1.37 bits per heavy atom. The number of para-hydroxylation sites is 1. The number of aliphatic hydroxyl groups is 1. The third kappa shape index (κ3) is 3.53. The Bertz CT molecular complexity index is 906. The molecule has 3 N–H and O–H groups in total. The number of nitrogens with one attached hydrogen (secondary N) is 2. The number of hydrogen-bond acceptors (Lipinski definition) is 5. The number of fused-ring (bicyclic) bond motifs is 1. The highest BCUT2D eigenvalue weighted by Gasteiger charge is 2.48. The van der Waals surface area contributed by atoms with Crippen molar-refractivity contribution in [1.82, 2.24) is 10.5 Å². The van der Waals surface area contributed by atoms with Crippen molar-refractivity contribution in [2.75, 3.05) is 7.11 Å². The van der Waals surface area contributed by atoms with Gasteiger partial charge in [0.25, 0.3) is 5.91 Å². The van der Waals surface area contributed by atoms with Crippen LogP contribution in [0.1, 0.15) is 38.3 Å². The Kier molecular flexibility index (Phi) is 5.46. The molecule has 2 aromatic rings. The topological polar surface area (TPSA) is 101 Å². The first-order valence-corrected chi connectivity index (χ1v) is 8.87. The molecule has 7 nitrogen and oxygen atoms in total. The lowest BCUT2D eigenvalue weighted by atomic mass is 9.93. The molecule has 0 saturated carbocycles. The fraction of sp³-hybridized carbons (Fsp3) is 0.350. The molecule has 1 aromatic carbocycles. The molecular weight excluding hydrogens is 348 g/mol. The van der Waals surface area contributed by atoms with Crippen molar-refractivity contribution in [1.29, 1.82) is 0 Å². The maximum atomic E-state index is 12.5. The maximum absolute atomic E-state index is 12.5. The lowest BCUT2D eigenvalue weighted by Gasteiger charge is -2.25. The van der Waals surface area contributed by atoms with E-state index in [4.69, 9.17) is 9.57 Å². The Morgan fingerprint density at radius 2 is 2.15 bits per heavy atom. The molecular formula is C20H22N2O5. The molecule has 1 aromatic heterocycles. The molecule has 0 saturated heterocycles. The summed E-state index contributed by atoms with van der Waals surface area (Å²) in [5.41, 5.74) is 3.65. The normalized spacial score (nSPS) is 19.3. The number of hydrogen-bond donors (Lipinski definition) is 3.